The van der Waals surface area contributed by atoms with Crippen molar-refractivity contribution in [2.45, 2.75) is 20.3 Å². The SMILES string of the molecule is CC1=CC=CC23CC2C=CC(C)=C13. The van der Waals surface area contributed by atoms with E-state index >= 15 is 0 Å². The molecule has 2 atom stereocenters. The normalized spacial score (nSPS) is 39.8. The van der Waals surface area contributed by atoms with Crippen molar-refractivity contribution in [3.63, 3.8) is 0 Å². The first-order valence-corrected chi connectivity index (χ1v) is 5.00. The second-order valence-electron chi connectivity index (χ2n) is 4.48. The number of rotatable bonds is 0. The van der Waals surface area contributed by atoms with Crippen molar-refractivity contribution >= 4 is 0 Å². The van der Waals surface area contributed by atoms with Gasteiger partial charge in [0.2, 0.25) is 0 Å². The summed E-state index contributed by atoms with van der Waals surface area (Å²) in [6, 6.07) is 0. The molecule has 0 nitrogen and oxygen atoms in total. The Balaban J connectivity index is 2.24. The van der Waals surface area contributed by atoms with Gasteiger partial charge >= 0.3 is 0 Å². The van der Waals surface area contributed by atoms with Crippen LogP contribution in [0.5, 0.6) is 0 Å². The number of allylic oxidation sites excluding steroid dienone is 8. The predicted octanol–water partition coefficient (Wildman–Crippen LogP) is 3.40. The largest absolute Gasteiger partial charge is 0.0799 e. The predicted molar refractivity (Wildman–Crippen MR) is 55.3 cm³/mol. The highest BCUT2D eigenvalue weighted by molar-refractivity contribution is 5.57. The highest BCUT2D eigenvalue weighted by atomic mass is 14.6. The molecule has 0 aromatic rings. The lowest BCUT2D eigenvalue weighted by atomic mass is 9.79. The second kappa shape index (κ2) is 2.06. The summed E-state index contributed by atoms with van der Waals surface area (Å²) in [7, 11) is 0. The lowest BCUT2D eigenvalue weighted by Crippen LogP contribution is -2.12. The van der Waals surface area contributed by atoms with Crippen LogP contribution in [0.2, 0.25) is 0 Å². The summed E-state index contributed by atoms with van der Waals surface area (Å²) in [5.41, 5.74) is 4.96. The first-order valence-electron chi connectivity index (χ1n) is 5.00. The van der Waals surface area contributed by atoms with Crippen molar-refractivity contribution < 1.29 is 0 Å². The molecule has 3 aliphatic rings. The van der Waals surface area contributed by atoms with E-state index < -0.39 is 0 Å². The van der Waals surface area contributed by atoms with Crippen LogP contribution in [0.4, 0.5) is 0 Å². The maximum atomic E-state index is 2.40. The van der Waals surface area contributed by atoms with Gasteiger partial charge in [0.15, 0.2) is 0 Å². The van der Waals surface area contributed by atoms with Crippen LogP contribution >= 0.6 is 0 Å². The molecule has 13 heavy (non-hydrogen) atoms. The fourth-order valence-electron chi connectivity index (χ4n) is 2.94. The zero-order chi connectivity index (χ0) is 9.05. The molecule has 0 aromatic heterocycles. The molecular formula is C13H14. The Labute approximate surface area is 79.3 Å². The van der Waals surface area contributed by atoms with Crippen molar-refractivity contribution in [3.8, 4) is 0 Å². The maximum absolute atomic E-state index is 2.40. The van der Waals surface area contributed by atoms with Crippen molar-refractivity contribution in [2.24, 2.45) is 11.3 Å². The van der Waals surface area contributed by atoms with Crippen LogP contribution in [0, 0.1) is 11.3 Å². The molecule has 3 rings (SSSR count). The molecule has 1 spiro atoms. The number of hydrogen-bond donors (Lipinski definition) is 0. The van der Waals surface area contributed by atoms with Gasteiger partial charge < -0.3 is 0 Å². The van der Waals surface area contributed by atoms with Gasteiger partial charge in [-0.25, -0.2) is 0 Å². The summed E-state index contributed by atoms with van der Waals surface area (Å²) in [6.45, 7) is 4.47. The molecule has 0 heterocycles. The molecule has 0 bridgehead atoms. The zero-order valence-electron chi connectivity index (χ0n) is 8.17. The summed E-state index contributed by atoms with van der Waals surface area (Å²) < 4.78 is 0. The van der Waals surface area contributed by atoms with Gasteiger partial charge in [0.05, 0.1) is 0 Å². The smallest absolute Gasteiger partial charge is 0.0209 e. The Hall–Kier alpha value is -1.04. The molecule has 2 unspecified atom stereocenters. The van der Waals surface area contributed by atoms with E-state index in [1.807, 2.05) is 0 Å². The van der Waals surface area contributed by atoms with Crippen LogP contribution in [-0.4, -0.2) is 0 Å². The molecule has 0 aromatic carbocycles. The average molecular weight is 170 g/mol. The van der Waals surface area contributed by atoms with Crippen molar-refractivity contribution in [3.05, 3.63) is 47.1 Å². The fraction of sp³-hybridized carbons (Fsp3) is 0.385. The monoisotopic (exact) mass is 170 g/mol. The minimum absolute atomic E-state index is 0.428. The van der Waals surface area contributed by atoms with E-state index in [0.717, 1.165) is 5.92 Å². The Kier molecular flexibility index (Phi) is 1.17. The Morgan fingerprint density at radius 3 is 3.00 bits per heavy atom. The van der Waals surface area contributed by atoms with E-state index in [2.05, 4.69) is 44.2 Å². The van der Waals surface area contributed by atoms with Crippen molar-refractivity contribution in [1.29, 1.82) is 0 Å². The average Bonchev–Trinajstić information content (AvgIpc) is 2.77. The van der Waals surface area contributed by atoms with E-state index in [1.165, 1.54) is 17.6 Å². The highest BCUT2D eigenvalue weighted by Gasteiger charge is 2.55. The summed E-state index contributed by atoms with van der Waals surface area (Å²) >= 11 is 0. The third kappa shape index (κ3) is 0.763. The Morgan fingerprint density at radius 2 is 2.23 bits per heavy atom. The van der Waals surface area contributed by atoms with E-state index in [-0.39, 0.29) is 0 Å². The molecule has 0 aliphatic heterocycles. The highest BCUT2D eigenvalue weighted by Crippen LogP contribution is 2.64. The summed E-state index contributed by atoms with van der Waals surface area (Å²) in [4.78, 5) is 0. The van der Waals surface area contributed by atoms with E-state index in [0.29, 0.717) is 5.41 Å². The zero-order valence-corrected chi connectivity index (χ0v) is 8.17. The van der Waals surface area contributed by atoms with Crippen LogP contribution in [0.3, 0.4) is 0 Å². The molecule has 3 aliphatic carbocycles. The van der Waals surface area contributed by atoms with Crippen molar-refractivity contribution in [2.75, 3.05) is 0 Å². The Morgan fingerprint density at radius 1 is 1.38 bits per heavy atom. The third-order valence-corrected chi connectivity index (χ3v) is 3.63. The quantitative estimate of drug-likeness (QED) is 0.522. The van der Waals surface area contributed by atoms with Crippen LogP contribution < -0.4 is 0 Å². The standard InChI is InChI=1S/C13H14/c1-9-4-3-7-13-8-11(13)6-5-10(2)12(9)13/h3-7,11H,8H2,1-2H3. The van der Waals surface area contributed by atoms with Gasteiger partial charge in [-0.1, -0.05) is 30.4 Å². The second-order valence-corrected chi connectivity index (χ2v) is 4.48. The molecule has 66 valence electrons. The van der Waals surface area contributed by atoms with Gasteiger partial charge in [-0.05, 0) is 42.9 Å². The van der Waals surface area contributed by atoms with Gasteiger partial charge in [-0.2, -0.15) is 0 Å². The Bertz CT molecular complexity index is 390. The third-order valence-electron chi connectivity index (χ3n) is 3.63. The summed E-state index contributed by atoms with van der Waals surface area (Å²) in [6.07, 6.45) is 12.9. The van der Waals surface area contributed by atoms with Crippen LogP contribution in [0.15, 0.2) is 47.1 Å². The summed E-state index contributed by atoms with van der Waals surface area (Å²) in [5.74, 6) is 0.797. The maximum Gasteiger partial charge on any atom is 0.0209 e. The molecule has 0 amide bonds. The van der Waals surface area contributed by atoms with Crippen LogP contribution in [0.25, 0.3) is 0 Å². The lowest BCUT2D eigenvalue weighted by Gasteiger charge is -2.25. The lowest BCUT2D eigenvalue weighted by molar-refractivity contribution is 0.714. The van der Waals surface area contributed by atoms with E-state index in [1.54, 1.807) is 5.57 Å². The van der Waals surface area contributed by atoms with Crippen LogP contribution in [0.1, 0.15) is 20.3 Å². The van der Waals surface area contributed by atoms with Gasteiger partial charge in [0.25, 0.3) is 0 Å². The number of hydrogen-bond acceptors (Lipinski definition) is 0. The first kappa shape index (κ1) is 7.37. The molecular weight excluding hydrogens is 156 g/mol. The van der Waals surface area contributed by atoms with Crippen molar-refractivity contribution in [1.82, 2.24) is 0 Å². The minimum atomic E-state index is 0.428. The van der Waals surface area contributed by atoms with Gasteiger partial charge in [-0.3, -0.25) is 0 Å². The molecule has 0 saturated heterocycles. The van der Waals surface area contributed by atoms with E-state index in [4.69, 9.17) is 0 Å². The molecule has 1 fully saturated rings. The van der Waals surface area contributed by atoms with Crippen LogP contribution in [-0.2, 0) is 0 Å². The fourth-order valence-corrected chi connectivity index (χ4v) is 2.94. The first-order chi connectivity index (χ1) is 6.24. The minimum Gasteiger partial charge on any atom is -0.0799 e. The molecule has 0 N–H and O–H groups in total. The van der Waals surface area contributed by atoms with Gasteiger partial charge in [0.1, 0.15) is 0 Å². The van der Waals surface area contributed by atoms with E-state index in [9.17, 15) is 0 Å². The molecule has 0 heteroatoms. The molecule has 1 saturated carbocycles. The molecule has 0 radical (unpaired) electrons. The van der Waals surface area contributed by atoms with Gasteiger partial charge in [-0.15, -0.1) is 0 Å². The van der Waals surface area contributed by atoms with Gasteiger partial charge in [0, 0.05) is 5.41 Å². The summed E-state index contributed by atoms with van der Waals surface area (Å²) in [5, 5.41) is 0. The topological polar surface area (TPSA) is 0 Å².